The lowest BCUT2D eigenvalue weighted by Gasteiger charge is -2.19. The number of methoxy groups -OCH3 is 2. The number of hydrogen-bond acceptors (Lipinski definition) is 5. The highest BCUT2D eigenvalue weighted by Crippen LogP contribution is 2.38. The van der Waals surface area contributed by atoms with Crippen molar-refractivity contribution in [3.8, 4) is 22.8 Å². The number of hydrogen-bond donors (Lipinski definition) is 2. The Balaban J connectivity index is 2.26. The summed E-state index contributed by atoms with van der Waals surface area (Å²) in [6.45, 7) is 12.0. The third kappa shape index (κ3) is 9.69. The standard InChI is InChI=1S/C30H48N4O4/c1-8-9-10-11-17-31-28(35)18-23(16-15-21(2)3)32-30(36)24-19-25(34(33-24)20-22(4)5)29-26(37-6)13-12-14-27(29)38-7/h12-14,19,21-23H,8-11,15-18,20H2,1-7H3,(H,31,35)(H,32,36)/t23-/m0/s1. The molecule has 1 atom stereocenters. The van der Waals surface area contributed by atoms with Gasteiger partial charge in [-0.05, 0) is 49.3 Å². The van der Waals surface area contributed by atoms with Gasteiger partial charge < -0.3 is 20.1 Å². The lowest BCUT2D eigenvalue weighted by atomic mass is 10.0. The maximum absolute atomic E-state index is 13.4. The van der Waals surface area contributed by atoms with E-state index in [9.17, 15) is 9.59 Å². The number of aromatic nitrogens is 2. The fourth-order valence-corrected chi connectivity index (χ4v) is 4.41. The monoisotopic (exact) mass is 528 g/mol. The second-order valence-corrected chi connectivity index (χ2v) is 10.8. The van der Waals surface area contributed by atoms with Crippen molar-refractivity contribution in [1.29, 1.82) is 0 Å². The summed E-state index contributed by atoms with van der Waals surface area (Å²) in [7, 11) is 3.23. The summed E-state index contributed by atoms with van der Waals surface area (Å²) in [5, 5.41) is 10.8. The molecule has 2 N–H and O–H groups in total. The van der Waals surface area contributed by atoms with Crippen molar-refractivity contribution in [2.75, 3.05) is 20.8 Å². The molecule has 0 saturated heterocycles. The van der Waals surface area contributed by atoms with E-state index in [1.807, 2.05) is 22.9 Å². The van der Waals surface area contributed by atoms with Gasteiger partial charge in [-0.1, -0.05) is 59.9 Å². The first-order chi connectivity index (χ1) is 18.2. The van der Waals surface area contributed by atoms with Crippen molar-refractivity contribution in [3.05, 3.63) is 30.0 Å². The van der Waals surface area contributed by atoms with Crippen LogP contribution in [-0.2, 0) is 11.3 Å². The SMILES string of the molecule is CCCCCCNC(=O)C[C@H](CCC(C)C)NC(=O)c1cc(-c2c(OC)cccc2OC)n(CC(C)C)n1. The Kier molecular flexibility index (Phi) is 13.2. The Hall–Kier alpha value is -3.03. The van der Waals surface area contributed by atoms with Gasteiger partial charge in [0.15, 0.2) is 5.69 Å². The van der Waals surface area contributed by atoms with Gasteiger partial charge in [0, 0.05) is 25.6 Å². The number of nitrogens with zero attached hydrogens (tertiary/aromatic N) is 2. The van der Waals surface area contributed by atoms with Gasteiger partial charge in [0.05, 0.1) is 25.5 Å². The molecule has 0 fully saturated rings. The normalized spacial score (nSPS) is 12.0. The minimum Gasteiger partial charge on any atom is -0.496 e. The zero-order chi connectivity index (χ0) is 28.1. The van der Waals surface area contributed by atoms with Gasteiger partial charge >= 0.3 is 0 Å². The summed E-state index contributed by atoms with van der Waals surface area (Å²) in [6.07, 6.45) is 6.33. The predicted octanol–water partition coefficient (Wildman–Crippen LogP) is 5.84. The molecular formula is C30H48N4O4. The van der Waals surface area contributed by atoms with E-state index in [2.05, 4.69) is 50.4 Å². The van der Waals surface area contributed by atoms with E-state index in [4.69, 9.17) is 9.47 Å². The molecule has 1 aromatic heterocycles. The summed E-state index contributed by atoms with van der Waals surface area (Å²) in [6, 6.07) is 7.12. The third-order valence-electron chi connectivity index (χ3n) is 6.45. The van der Waals surface area contributed by atoms with E-state index in [0.29, 0.717) is 42.1 Å². The third-order valence-corrected chi connectivity index (χ3v) is 6.45. The van der Waals surface area contributed by atoms with Crippen LogP contribution in [0.25, 0.3) is 11.3 Å². The summed E-state index contributed by atoms with van der Waals surface area (Å²) < 4.78 is 13.1. The number of benzene rings is 1. The van der Waals surface area contributed by atoms with Crippen LogP contribution in [0.2, 0.25) is 0 Å². The Labute approximate surface area is 228 Å². The highest BCUT2D eigenvalue weighted by atomic mass is 16.5. The van der Waals surface area contributed by atoms with Crippen LogP contribution in [0.3, 0.4) is 0 Å². The number of unbranched alkanes of at least 4 members (excludes halogenated alkanes) is 3. The zero-order valence-corrected chi connectivity index (χ0v) is 24.4. The number of nitrogens with one attached hydrogen (secondary N) is 2. The molecule has 1 heterocycles. The number of ether oxygens (including phenoxy) is 2. The van der Waals surface area contributed by atoms with Gasteiger partial charge in [-0.3, -0.25) is 14.3 Å². The fourth-order valence-electron chi connectivity index (χ4n) is 4.41. The van der Waals surface area contributed by atoms with E-state index in [-0.39, 0.29) is 24.3 Å². The van der Waals surface area contributed by atoms with Crippen LogP contribution >= 0.6 is 0 Å². The van der Waals surface area contributed by atoms with Crippen LogP contribution in [0.1, 0.15) is 90.1 Å². The highest BCUT2D eigenvalue weighted by molar-refractivity contribution is 5.94. The first-order valence-corrected chi connectivity index (χ1v) is 14.1. The predicted molar refractivity (Wildman–Crippen MR) is 153 cm³/mol. The van der Waals surface area contributed by atoms with Gasteiger partial charge in [0.1, 0.15) is 11.5 Å². The lowest BCUT2D eigenvalue weighted by Crippen LogP contribution is -2.39. The van der Waals surface area contributed by atoms with E-state index >= 15 is 0 Å². The Bertz CT molecular complexity index is 993. The summed E-state index contributed by atoms with van der Waals surface area (Å²) >= 11 is 0. The summed E-state index contributed by atoms with van der Waals surface area (Å²) in [5.41, 5.74) is 1.81. The highest BCUT2D eigenvalue weighted by Gasteiger charge is 2.24. The van der Waals surface area contributed by atoms with Crippen LogP contribution in [0.5, 0.6) is 11.5 Å². The van der Waals surface area contributed by atoms with E-state index < -0.39 is 0 Å². The molecule has 0 aliphatic rings. The number of carbonyl (C=O) groups excluding carboxylic acids is 2. The van der Waals surface area contributed by atoms with Gasteiger partial charge in [0.25, 0.3) is 5.91 Å². The number of carbonyl (C=O) groups is 2. The van der Waals surface area contributed by atoms with Crippen molar-refractivity contribution in [2.45, 2.75) is 92.2 Å². The van der Waals surface area contributed by atoms with Crippen molar-refractivity contribution < 1.29 is 19.1 Å². The molecule has 38 heavy (non-hydrogen) atoms. The molecule has 0 bridgehead atoms. The smallest absolute Gasteiger partial charge is 0.272 e. The van der Waals surface area contributed by atoms with Crippen molar-refractivity contribution in [1.82, 2.24) is 20.4 Å². The number of rotatable bonds is 17. The molecule has 8 nitrogen and oxygen atoms in total. The fraction of sp³-hybridized carbons (Fsp3) is 0.633. The quantitative estimate of drug-likeness (QED) is 0.251. The maximum Gasteiger partial charge on any atom is 0.272 e. The van der Waals surface area contributed by atoms with E-state index in [1.54, 1.807) is 20.3 Å². The van der Waals surface area contributed by atoms with E-state index in [0.717, 1.165) is 43.4 Å². The van der Waals surface area contributed by atoms with Crippen LogP contribution in [0.15, 0.2) is 24.3 Å². The summed E-state index contributed by atoms with van der Waals surface area (Å²) in [5.74, 6) is 1.76. The molecule has 0 aliphatic heterocycles. The Morgan fingerprint density at radius 3 is 2.24 bits per heavy atom. The van der Waals surface area contributed by atoms with Crippen LogP contribution < -0.4 is 20.1 Å². The van der Waals surface area contributed by atoms with Gasteiger partial charge in [-0.15, -0.1) is 0 Å². The van der Waals surface area contributed by atoms with E-state index in [1.165, 1.54) is 6.42 Å². The number of amides is 2. The molecule has 0 radical (unpaired) electrons. The van der Waals surface area contributed by atoms with Gasteiger partial charge in [-0.25, -0.2) is 0 Å². The molecule has 2 aromatic rings. The van der Waals surface area contributed by atoms with Crippen LogP contribution in [0, 0.1) is 11.8 Å². The maximum atomic E-state index is 13.4. The first-order valence-electron chi connectivity index (χ1n) is 14.1. The molecule has 8 heteroatoms. The van der Waals surface area contributed by atoms with Crippen molar-refractivity contribution in [2.24, 2.45) is 11.8 Å². The first kappa shape index (κ1) is 31.2. The lowest BCUT2D eigenvalue weighted by molar-refractivity contribution is -0.121. The molecule has 2 rings (SSSR count). The Morgan fingerprint density at radius 2 is 1.66 bits per heavy atom. The average Bonchev–Trinajstić information content (AvgIpc) is 3.29. The topological polar surface area (TPSA) is 94.5 Å². The van der Waals surface area contributed by atoms with Crippen molar-refractivity contribution in [3.63, 3.8) is 0 Å². The molecule has 0 saturated carbocycles. The van der Waals surface area contributed by atoms with Gasteiger partial charge in [0.2, 0.25) is 5.91 Å². The second-order valence-electron chi connectivity index (χ2n) is 10.8. The molecule has 212 valence electrons. The van der Waals surface area contributed by atoms with Crippen LogP contribution in [-0.4, -0.2) is 48.4 Å². The largest absolute Gasteiger partial charge is 0.496 e. The molecular weight excluding hydrogens is 480 g/mol. The van der Waals surface area contributed by atoms with Crippen molar-refractivity contribution >= 4 is 11.8 Å². The molecule has 0 spiro atoms. The van der Waals surface area contributed by atoms with Gasteiger partial charge in [-0.2, -0.15) is 5.10 Å². The summed E-state index contributed by atoms with van der Waals surface area (Å²) in [4.78, 5) is 26.1. The average molecular weight is 529 g/mol. The molecule has 0 aliphatic carbocycles. The zero-order valence-electron chi connectivity index (χ0n) is 24.4. The minimum absolute atomic E-state index is 0.0275. The molecule has 1 aromatic carbocycles. The molecule has 2 amide bonds. The van der Waals surface area contributed by atoms with Crippen LogP contribution in [0.4, 0.5) is 0 Å². The Morgan fingerprint density at radius 1 is 0.974 bits per heavy atom. The second kappa shape index (κ2) is 16.0. The minimum atomic E-state index is -0.285. The molecule has 0 unspecified atom stereocenters.